The highest BCUT2D eigenvalue weighted by Gasteiger charge is 2.11. The standard InChI is InChI=1S/C16H13BrFN3OS/c17-14-8-13(18)7-6-12(14)10-23-16-20-19-15(22)21(16)9-11-4-2-1-3-5-11/h1-8H,9-10H2,(H,19,22). The molecule has 0 radical (unpaired) electrons. The van der Waals surface area contributed by atoms with E-state index in [4.69, 9.17) is 0 Å². The van der Waals surface area contributed by atoms with E-state index in [9.17, 15) is 9.18 Å². The smallest absolute Gasteiger partial charge is 0.266 e. The number of nitrogens with one attached hydrogen (secondary N) is 1. The van der Waals surface area contributed by atoms with Crippen LogP contribution in [0.25, 0.3) is 0 Å². The Morgan fingerprint density at radius 1 is 1.22 bits per heavy atom. The van der Waals surface area contributed by atoms with Gasteiger partial charge in [-0.25, -0.2) is 14.3 Å². The van der Waals surface area contributed by atoms with Gasteiger partial charge < -0.3 is 0 Å². The molecule has 0 aliphatic rings. The number of thioether (sulfide) groups is 1. The van der Waals surface area contributed by atoms with Crippen LogP contribution in [-0.2, 0) is 12.3 Å². The second-order valence-electron chi connectivity index (χ2n) is 4.91. The third-order valence-electron chi connectivity index (χ3n) is 3.28. The number of aromatic nitrogens is 3. The Morgan fingerprint density at radius 3 is 2.74 bits per heavy atom. The lowest BCUT2D eigenvalue weighted by molar-refractivity contribution is 0.626. The number of aromatic amines is 1. The average Bonchev–Trinajstić information content (AvgIpc) is 2.88. The van der Waals surface area contributed by atoms with Crippen LogP contribution in [0.2, 0.25) is 0 Å². The van der Waals surface area contributed by atoms with Gasteiger partial charge in [-0.05, 0) is 23.3 Å². The molecule has 0 saturated heterocycles. The fourth-order valence-corrected chi connectivity index (χ4v) is 3.73. The summed E-state index contributed by atoms with van der Waals surface area (Å²) in [7, 11) is 0. The van der Waals surface area contributed by atoms with Crippen molar-refractivity contribution in [3.8, 4) is 0 Å². The summed E-state index contributed by atoms with van der Waals surface area (Å²) in [5, 5.41) is 7.16. The van der Waals surface area contributed by atoms with Gasteiger partial charge in [0.2, 0.25) is 0 Å². The first-order valence-electron chi connectivity index (χ1n) is 6.89. The largest absolute Gasteiger partial charge is 0.344 e. The van der Waals surface area contributed by atoms with Gasteiger partial charge in [0.1, 0.15) is 5.82 Å². The summed E-state index contributed by atoms with van der Waals surface area (Å²) in [6.45, 7) is 0.461. The Balaban J connectivity index is 1.77. The molecule has 4 nitrogen and oxygen atoms in total. The van der Waals surface area contributed by atoms with Crippen molar-refractivity contribution >= 4 is 27.7 Å². The molecule has 3 aromatic rings. The van der Waals surface area contributed by atoms with Gasteiger partial charge in [0.25, 0.3) is 0 Å². The van der Waals surface area contributed by atoms with E-state index >= 15 is 0 Å². The van der Waals surface area contributed by atoms with E-state index in [1.807, 2.05) is 30.3 Å². The Morgan fingerprint density at radius 2 is 2.00 bits per heavy atom. The molecule has 2 aromatic carbocycles. The predicted octanol–water partition coefficient (Wildman–Crippen LogP) is 3.81. The van der Waals surface area contributed by atoms with Crippen molar-refractivity contribution in [2.45, 2.75) is 17.5 Å². The lowest BCUT2D eigenvalue weighted by Crippen LogP contribution is -2.18. The number of H-pyrrole nitrogens is 1. The topological polar surface area (TPSA) is 50.7 Å². The molecule has 0 aliphatic carbocycles. The monoisotopic (exact) mass is 393 g/mol. The van der Waals surface area contributed by atoms with Crippen LogP contribution in [0.1, 0.15) is 11.1 Å². The minimum absolute atomic E-state index is 0.241. The van der Waals surface area contributed by atoms with Crippen LogP contribution in [-0.4, -0.2) is 14.8 Å². The van der Waals surface area contributed by atoms with E-state index < -0.39 is 0 Å². The Labute approximate surface area is 144 Å². The van der Waals surface area contributed by atoms with Crippen LogP contribution in [0.4, 0.5) is 4.39 Å². The van der Waals surface area contributed by atoms with Crippen molar-refractivity contribution in [3.63, 3.8) is 0 Å². The summed E-state index contributed by atoms with van der Waals surface area (Å²) < 4.78 is 15.4. The minimum atomic E-state index is -0.286. The number of benzene rings is 2. The second-order valence-corrected chi connectivity index (χ2v) is 6.70. The van der Waals surface area contributed by atoms with Gasteiger partial charge in [-0.15, -0.1) is 5.10 Å². The van der Waals surface area contributed by atoms with Crippen molar-refractivity contribution in [1.29, 1.82) is 0 Å². The third kappa shape index (κ3) is 3.92. The maximum absolute atomic E-state index is 13.1. The van der Waals surface area contributed by atoms with Crippen LogP contribution in [0, 0.1) is 5.82 Å². The molecule has 0 aliphatic heterocycles. The fraction of sp³-hybridized carbons (Fsp3) is 0.125. The average molecular weight is 394 g/mol. The number of hydrogen-bond donors (Lipinski definition) is 1. The predicted molar refractivity (Wildman–Crippen MR) is 92.1 cm³/mol. The van der Waals surface area contributed by atoms with E-state index in [1.165, 1.54) is 23.9 Å². The van der Waals surface area contributed by atoms with E-state index in [0.29, 0.717) is 21.9 Å². The fourth-order valence-electron chi connectivity index (χ4n) is 2.10. The summed E-state index contributed by atoms with van der Waals surface area (Å²) in [6, 6.07) is 14.3. The molecule has 0 atom stereocenters. The molecule has 0 saturated carbocycles. The molecule has 1 N–H and O–H groups in total. The maximum atomic E-state index is 13.1. The third-order valence-corrected chi connectivity index (χ3v) is 5.04. The van der Waals surface area contributed by atoms with E-state index in [2.05, 4.69) is 26.1 Å². The molecule has 0 bridgehead atoms. The molecule has 0 amide bonds. The van der Waals surface area contributed by atoms with E-state index in [-0.39, 0.29) is 11.5 Å². The lowest BCUT2D eigenvalue weighted by Gasteiger charge is -2.07. The van der Waals surface area contributed by atoms with Crippen molar-refractivity contribution in [2.24, 2.45) is 0 Å². The van der Waals surface area contributed by atoms with Crippen LogP contribution in [0.5, 0.6) is 0 Å². The van der Waals surface area contributed by atoms with Crippen LogP contribution in [0.15, 0.2) is 63.0 Å². The Bertz CT molecular complexity index is 863. The first kappa shape index (κ1) is 16.0. The number of halogens is 2. The number of nitrogens with zero attached hydrogens (tertiary/aromatic N) is 2. The second kappa shape index (κ2) is 7.14. The molecular weight excluding hydrogens is 381 g/mol. The van der Waals surface area contributed by atoms with Crippen molar-refractivity contribution in [3.05, 3.63) is 80.4 Å². The van der Waals surface area contributed by atoms with Gasteiger partial charge in [0, 0.05) is 10.2 Å². The van der Waals surface area contributed by atoms with Crippen LogP contribution >= 0.6 is 27.7 Å². The SMILES string of the molecule is O=c1[nH]nc(SCc2ccc(F)cc2Br)n1Cc1ccccc1. The minimum Gasteiger partial charge on any atom is -0.266 e. The lowest BCUT2D eigenvalue weighted by atomic mass is 10.2. The zero-order valence-electron chi connectivity index (χ0n) is 12.0. The summed E-state index contributed by atoms with van der Waals surface area (Å²) in [6.07, 6.45) is 0. The molecule has 0 spiro atoms. The molecule has 1 aromatic heterocycles. The summed E-state index contributed by atoms with van der Waals surface area (Å²) in [5.74, 6) is 0.298. The van der Waals surface area contributed by atoms with Gasteiger partial charge in [-0.1, -0.05) is 64.1 Å². The van der Waals surface area contributed by atoms with E-state index in [1.54, 1.807) is 10.6 Å². The van der Waals surface area contributed by atoms with Gasteiger partial charge in [0.05, 0.1) is 6.54 Å². The van der Waals surface area contributed by atoms with Crippen molar-refractivity contribution in [2.75, 3.05) is 0 Å². The highest BCUT2D eigenvalue weighted by Crippen LogP contribution is 2.26. The molecule has 0 unspecified atom stereocenters. The zero-order valence-corrected chi connectivity index (χ0v) is 14.4. The molecule has 23 heavy (non-hydrogen) atoms. The van der Waals surface area contributed by atoms with E-state index in [0.717, 1.165) is 11.1 Å². The highest BCUT2D eigenvalue weighted by molar-refractivity contribution is 9.10. The van der Waals surface area contributed by atoms with Gasteiger partial charge in [-0.3, -0.25) is 4.57 Å². The van der Waals surface area contributed by atoms with Gasteiger partial charge in [-0.2, -0.15) is 0 Å². The van der Waals surface area contributed by atoms with Gasteiger partial charge >= 0.3 is 5.69 Å². The van der Waals surface area contributed by atoms with Crippen molar-refractivity contribution in [1.82, 2.24) is 14.8 Å². The summed E-state index contributed by atoms with van der Waals surface area (Å²) in [5.41, 5.74) is 1.73. The Kier molecular flexibility index (Phi) is 4.97. The van der Waals surface area contributed by atoms with Crippen LogP contribution in [0.3, 0.4) is 0 Å². The summed E-state index contributed by atoms with van der Waals surface area (Å²) >= 11 is 4.78. The normalized spacial score (nSPS) is 10.9. The van der Waals surface area contributed by atoms with Gasteiger partial charge in [0.15, 0.2) is 5.16 Å². The number of rotatable bonds is 5. The molecule has 118 valence electrons. The molecule has 7 heteroatoms. The molecule has 0 fully saturated rings. The van der Waals surface area contributed by atoms with Crippen LogP contribution < -0.4 is 5.69 Å². The maximum Gasteiger partial charge on any atom is 0.344 e. The quantitative estimate of drug-likeness (QED) is 0.670. The highest BCUT2D eigenvalue weighted by atomic mass is 79.9. The first-order chi connectivity index (χ1) is 11.1. The first-order valence-corrected chi connectivity index (χ1v) is 8.67. The molecule has 1 heterocycles. The van der Waals surface area contributed by atoms with Crippen molar-refractivity contribution < 1.29 is 4.39 Å². The zero-order chi connectivity index (χ0) is 16.2. The molecular formula is C16H13BrFN3OS. The Hall–Kier alpha value is -1.86. The summed E-state index contributed by atoms with van der Waals surface area (Å²) in [4.78, 5) is 11.9. The number of hydrogen-bond acceptors (Lipinski definition) is 3. The molecule has 3 rings (SSSR count).